The molecule has 1 rings (SSSR count). The molecule has 0 aliphatic heterocycles. The van der Waals surface area contributed by atoms with E-state index in [1.165, 1.54) is 0 Å². The maximum Gasteiger partial charge on any atom is 0.407 e. The van der Waals surface area contributed by atoms with Crippen molar-refractivity contribution in [1.29, 1.82) is 0 Å². The summed E-state index contributed by atoms with van der Waals surface area (Å²) in [6.45, 7) is 8.57. The van der Waals surface area contributed by atoms with E-state index in [0.29, 0.717) is 45.2 Å². The Kier molecular flexibility index (Phi) is 10.2. The van der Waals surface area contributed by atoms with Gasteiger partial charge in [-0.1, -0.05) is 0 Å². The van der Waals surface area contributed by atoms with Gasteiger partial charge in [-0.25, -0.2) is 4.79 Å². The number of rotatable bonds is 10. The highest BCUT2D eigenvalue weighted by Crippen LogP contribution is 2.06. The van der Waals surface area contributed by atoms with E-state index in [0.717, 1.165) is 12.2 Å². The Morgan fingerprint density at radius 2 is 1.96 bits per heavy atom. The Balaban J connectivity index is 2.29. The summed E-state index contributed by atoms with van der Waals surface area (Å²) in [4.78, 5) is 16.1. The minimum Gasteiger partial charge on any atom is -0.469 e. The Hall–Kier alpha value is -2.22. The molecule has 0 bridgehead atoms. The van der Waals surface area contributed by atoms with Crippen LogP contribution in [0.1, 0.15) is 33.0 Å². The van der Waals surface area contributed by atoms with Gasteiger partial charge in [0.1, 0.15) is 11.4 Å². The van der Waals surface area contributed by atoms with Crippen LogP contribution in [0.2, 0.25) is 0 Å². The Morgan fingerprint density at radius 3 is 2.62 bits per heavy atom. The highest BCUT2D eigenvalue weighted by molar-refractivity contribution is 5.79. The van der Waals surface area contributed by atoms with Crippen LogP contribution in [0.15, 0.2) is 27.8 Å². The second kappa shape index (κ2) is 12.2. The van der Waals surface area contributed by atoms with Gasteiger partial charge in [-0.3, -0.25) is 4.99 Å². The molecule has 0 aliphatic rings. The van der Waals surface area contributed by atoms with E-state index in [1.807, 2.05) is 32.9 Å². The van der Waals surface area contributed by atoms with Gasteiger partial charge in [0.15, 0.2) is 5.96 Å². The topological polar surface area (TPSA) is 97.1 Å². The van der Waals surface area contributed by atoms with Crippen molar-refractivity contribution < 1.29 is 18.7 Å². The molecular weight excluding hydrogens is 336 g/mol. The predicted octanol–water partition coefficient (Wildman–Crippen LogP) is 1.92. The van der Waals surface area contributed by atoms with E-state index in [-0.39, 0.29) is 0 Å². The Bertz CT molecular complexity index is 524. The van der Waals surface area contributed by atoms with Crippen LogP contribution in [-0.2, 0) is 15.9 Å². The summed E-state index contributed by atoms with van der Waals surface area (Å²) >= 11 is 0. The van der Waals surface area contributed by atoms with Crippen LogP contribution in [0, 0.1) is 0 Å². The van der Waals surface area contributed by atoms with Crippen molar-refractivity contribution in [1.82, 2.24) is 16.0 Å². The highest BCUT2D eigenvalue weighted by Gasteiger charge is 2.15. The van der Waals surface area contributed by atoms with Gasteiger partial charge in [0.25, 0.3) is 0 Å². The molecule has 0 spiro atoms. The molecule has 26 heavy (non-hydrogen) atoms. The van der Waals surface area contributed by atoms with Crippen LogP contribution < -0.4 is 16.0 Å². The molecule has 0 unspecified atom stereocenters. The van der Waals surface area contributed by atoms with Gasteiger partial charge in [0.2, 0.25) is 0 Å². The van der Waals surface area contributed by atoms with Crippen molar-refractivity contribution in [3.8, 4) is 0 Å². The fourth-order valence-electron chi connectivity index (χ4n) is 1.98. The lowest BCUT2D eigenvalue weighted by atomic mass is 10.2. The van der Waals surface area contributed by atoms with Crippen molar-refractivity contribution in [2.75, 3.05) is 39.9 Å². The van der Waals surface area contributed by atoms with E-state index < -0.39 is 11.7 Å². The average molecular weight is 368 g/mol. The third-order valence-corrected chi connectivity index (χ3v) is 3.12. The zero-order chi connectivity index (χ0) is 19.3. The van der Waals surface area contributed by atoms with Gasteiger partial charge < -0.3 is 29.8 Å². The van der Waals surface area contributed by atoms with Crippen LogP contribution in [0.3, 0.4) is 0 Å². The molecule has 8 heteroatoms. The molecule has 0 fully saturated rings. The molecule has 1 amide bonds. The number of carbonyl (C=O) groups excluding carboxylic acids is 1. The predicted molar refractivity (Wildman–Crippen MR) is 101 cm³/mol. The highest BCUT2D eigenvalue weighted by atomic mass is 16.6. The van der Waals surface area contributed by atoms with Crippen molar-refractivity contribution in [2.24, 2.45) is 4.99 Å². The summed E-state index contributed by atoms with van der Waals surface area (Å²) in [5, 5.41) is 9.19. The van der Waals surface area contributed by atoms with Crippen molar-refractivity contribution in [3.63, 3.8) is 0 Å². The first-order valence-electron chi connectivity index (χ1n) is 8.91. The molecule has 3 N–H and O–H groups in total. The number of ether oxygens (including phenoxy) is 2. The molecule has 0 aliphatic carbocycles. The number of hydrogen-bond acceptors (Lipinski definition) is 5. The second-order valence-corrected chi connectivity index (χ2v) is 6.69. The van der Waals surface area contributed by atoms with Gasteiger partial charge in [-0.15, -0.1) is 0 Å². The average Bonchev–Trinajstić information content (AvgIpc) is 3.06. The van der Waals surface area contributed by atoms with E-state index >= 15 is 0 Å². The second-order valence-electron chi connectivity index (χ2n) is 6.69. The summed E-state index contributed by atoms with van der Waals surface area (Å²) in [7, 11) is 1.66. The zero-order valence-electron chi connectivity index (χ0n) is 16.3. The standard InChI is InChI=1S/C18H32N4O4/c1-18(2,3)26-17(23)22-10-6-9-19-16(21-12-14-24-4)20-11-8-15-7-5-13-25-15/h5,7,13H,6,8-12,14H2,1-4H3,(H,22,23)(H2,19,20,21). The fraction of sp³-hybridized carbons (Fsp3) is 0.667. The number of furan rings is 1. The number of aliphatic imine (C=N–C) groups is 1. The monoisotopic (exact) mass is 368 g/mol. The van der Waals surface area contributed by atoms with E-state index in [9.17, 15) is 4.79 Å². The van der Waals surface area contributed by atoms with E-state index in [2.05, 4.69) is 20.9 Å². The summed E-state index contributed by atoms with van der Waals surface area (Å²) in [5.41, 5.74) is -0.488. The van der Waals surface area contributed by atoms with Gasteiger partial charge in [-0.2, -0.15) is 0 Å². The first-order valence-corrected chi connectivity index (χ1v) is 8.91. The lowest BCUT2D eigenvalue weighted by Gasteiger charge is -2.19. The van der Waals surface area contributed by atoms with E-state index in [1.54, 1.807) is 13.4 Å². The maximum atomic E-state index is 11.6. The molecule has 148 valence electrons. The van der Waals surface area contributed by atoms with Crippen LogP contribution >= 0.6 is 0 Å². The zero-order valence-corrected chi connectivity index (χ0v) is 16.3. The number of hydrogen-bond donors (Lipinski definition) is 3. The van der Waals surface area contributed by atoms with Gasteiger partial charge in [0, 0.05) is 39.7 Å². The number of alkyl carbamates (subject to hydrolysis) is 1. The van der Waals surface area contributed by atoms with Crippen molar-refractivity contribution in [2.45, 2.75) is 39.2 Å². The molecule has 8 nitrogen and oxygen atoms in total. The Morgan fingerprint density at radius 1 is 1.19 bits per heavy atom. The minimum absolute atomic E-state index is 0.406. The molecule has 0 saturated carbocycles. The minimum atomic E-state index is -0.488. The molecular formula is C18H32N4O4. The maximum absolute atomic E-state index is 11.6. The SMILES string of the molecule is COCCNC(=NCCCNC(=O)OC(C)(C)C)NCCc1ccco1. The smallest absolute Gasteiger partial charge is 0.407 e. The third-order valence-electron chi connectivity index (χ3n) is 3.12. The van der Waals surface area contributed by atoms with Gasteiger partial charge in [0.05, 0.1) is 12.9 Å². The summed E-state index contributed by atoms with van der Waals surface area (Å²) < 4.78 is 15.5. The lowest BCUT2D eigenvalue weighted by molar-refractivity contribution is 0.0527. The number of carbonyl (C=O) groups is 1. The quantitative estimate of drug-likeness (QED) is 0.332. The summed E-state index contributed by atoms with van der Waals surface area (Å²) in [6, 6.07) is 3.82. The number of amides is 1. The summed E-state index contributed by atoms with van der Waals surface area (Å²) in [6.07, 6.45) is 2.75. The normalized spacial score (nSPS) is 11.9. The molecule has 0 aromatic carbocycles. The molecule has 1 aromatic heterocycles. The molecule has 0 atom stereocenters. The lowest BCUT2D eigenvalue weighted by Crippen LogP contribution is -2.40. The van der Waals surface area contributed by atoms with Crippen LogP contribution in [0.4, 0.5) is 4.79 Å². The first kappa shape index (κ1) is 21.8. The first-order chi connectivity index (χ1) is 12.4. The molecule has 0 saturated heterocycles. The van der Waals surface area contributed by atoms with Gasteiger partial charge >= 0.3 is 6.09 Å². The van der Waals surface area contributed by atoms with Crippen LogP contribution in [0.25, 0.3) is 0 Å². The van der Waals surface area contributed by atoms with E-state index in [4.69, 9.17) is 13.9 Å². The van der Waals surface area contributed by atoms with Crippen molar-refractivity contribution >= 4 is 12.1 Å². The molecule has 0 radical (unpaired) electrons. The molecule has 1 heterocycles. The van der Waals surface area contributed by atoms with Crippen LogP contribution in [-0.4, -0.2) is 57.5 Å². The largest absolute Gasteiger partial charge is 0.469 e. The van der Waals surface area contributed by atoms with Crippen molar-refractivity contribution in [3.05, 3.63) is 24.2 Å². The van der Waals surface area contributed by atoms with Gasteiger partial charge in [-0.05, 0) is 39.3 Å². The third kappa shape index (κ3) is 11.4. The molecule has 1 aromatic rings. The number of nitrogens with one attached hydrogen (secondary N) is 3. The number of guanidine groups is 1. The number of nitrogens with zero attached hydrogens (tertiary/aromatic N) is 1. The Labute approximate surface area is 155 Å². The fourth-order valence-corrected chi connectivity index (χ4v) is 1.98. The number of methoxy groups -OCH3 is 1. The van der Waals surface area contributed by atoms with Crippen LogP contribution in [0.5, 0.6) is 0 Å². The summed E-state index contributed by atoms with van der Waals surface area (Å²) in [5.74, 6) is 1.64.